The van der Waals surface area contributed by atoms with Crippen molar-refractivity contribution in [1.29, 1.82) is 0 Å². The second kappa shape index (κ2) is 8.60. The number of hydrogen-bond acceptors (Lipinski definition) is 3. The zero-order chi connectivity index (χ0) is 18.4. The summed E-state index contributed by atoms with van der Waals surface area (Å²) in [6.45, 7) is 1.89. The van der Waals surface area contributed by atoms with Crippen LogP contribution in [0.4, 0.5) is 15.8 Å². The lowest BCUT2D eigenvalue weighted by Crippen LogP contribution is -2.36. The van der Waals surface area contributed by atoms with Crippen molar-refractivity contribution in [2.75, 3.05) is 30.8 Å². The van der Waals surface area contributed by atoms with Gasteiger partial charge in [-0.05, 0) is 55.9 Å². The predicted molar refractivity (Wildman–Crippen MR) is 97.3 cm³/mol. The molecular formula is C18H19ClFN3O2. The van der Waals surface area contributed by atoms with Crippen molar-refractivity contribution in [2.45, 2.75) is 6.92 Å². The number of likely N-dealkylation sites (N-methyl/N-ethyl adjacent to an activating group) is 1. The average molecular weight is 364 g/mol. The minimum Gasteiger partial charge on any atom is -0.325 e. The third-order valence-corrected chi connectivity index (χ3v) is 3.63. The van der Waals surface area contributed by atoms with E-state index in [1.165, 1.54) is 18.2 Å². The van der Waals surface area contributed by atoms with Crippen molar-refractivity contribution >= 4 is 34.8 Å². The Hall–Kier alpha value is -2.44. The number of anilines is 2. The molecule has 0 heterocycles. The molecule has 0 aromatic heterocycles. The third-order valence-electron chi connectivity index (χ3n) is 3.40. The van der Waals surface area contributed by atoms with Crippen LogP contribution in [0.5, 0.6) is 0 Å². The standard InChI is InChI=1S/C18H19ClFN3O2/c1-12-8-13(19)6-7-16(12)22-18(25)11-23(2)10-17(24)21-15-5-3-4-14(20)9-15/h3-9H,10-11H2,1-2H3,(H,21,24)(H,22,25). The number of halogens is 2. The smallest absolute Gasteiger partial charge is 0.238 e. The van der Waals surface area contributed by atoms with E-state index < -0.39 is 5.82 Å². The van der Waals surface area contributed by atoms with E-state index >= 15 is 0 Å². The fraction of sp³-hybridized carbons (Fsp3) is 0.222. The summed E-state index contributed by atoms with van der Waals surface area (Å²) < 4.78 is 13.1. The zero-order valence-corrected chi connectivity index (χ0v) is 14.7. The molecule has 0 aliphatic carbocycles. The molecule has 0 saturated heterocycles. The highest BCUT2D eigenvalue weighted by molar-refractivity contribution is 6.30. The van der Waals surface area contributed by atoms with E-state index in [9.17, 15) is 14.0 Å². The van der Waals surface area contributed by atoms with E-state index in [-0.39, 0.29) is 24.9 Å². The topological polar surface area (TPSA) is 61.4 Å². The second-order valence-corrected chi connectivity index (χ2v) is 6.17. The first-order chi connectivity index (χ1) is 11.8. The molecule has 0 atom stereocenters. The molecule has 2 rings (SSSR count). The van der Waals surface area contributed by atoms with Gasteiger partial charge in [-0.1, -0.05) is 17.7 Å². The summed E-state index contributed by atoms with van der Waals surface area (Å²) >= 11 is 5.88. The van der Waals surface area contributed by atoms with Crippen LogP contribution in [0.1, 0.15) is 5.56 Å². The Morgan fingerprint density at radius 3 is 2.40 bits per heavy atom. The number of nitrogens with zero attached hydrogens (tertiary/aromatic N) is 1. The number of nitrogens with one attached hydrogen (secondary N) is 2. The maximum Gasteiger partial charge on any atom is 0.238 e. The lowest BCUT2D eigenvalue weighted by atomic mass is 10.2. The van der Waals surface area contributed by atoms with E-state index in [1.807, 2.05) is 6.92 Å². The Morgan fingerprint density at radius 1 is 1.08 bits per heavy atom. The van der Waals surface area contributed by atoms with Crippen LogP contribution in [-0.2, 0) is 9.59 Å². The molecule has 0 bridgehead atoms. The van der Waals surface area contributed by atoms with Gasteiger partial charge < -0.3 is 10.6 Å². The van der Waals surface area contributed by atoms with E-state index in [0.29, 0.717) is 16.4 Å². The van der Waals surface area contributed by atoms with Crippen LogP contribution in [0.25, 0.3) is 0 Å². The Kier molecular flexibility index (Phi) is 6.50. The number of benzene rings is 2. The van der Waals surface area contributed by atoms with Crippen LogP contribution >= 0.6 is 11.6 Å². The summed E-state index contributed by atoms with van der Waals surface area (Å²) in [6.07, 6.45) is 0. The van der Waals surface area contributed by atoms with Crippen LogP contribution in [0.2, 0.25) is 5.02 Å². The Balaban J connectivity index is 1.83. The minimum atomic E-state index is -0.427. The highest BCUT2D eigenvalue weighted by Crippen LogP contribution is 2.19. The molecular weight excluding hydrogens is 345 g/mol. The van der Waals surface area contributed by atoms with Crippen LogP contribution < -0.4 is 10.6 Å². The van der Waals surface area contributed by atoms with E-state index in [1.54, 1.807) is 36.2 Å². The van der Waals surface area contributed by atoms with Gasteiger partial charge in [0.25, 0.3) is 0 Å². The molecule has 25 heavy (non-hydrogen) atoms. The molecule has 0 aliphatic rings. The highest BCUT2D eigenvalue weighted by atomic mass is 35.5. The summed E-state index contributed by atoms with van der Waals surface area (Å²) in [7, 11) is 1.65. The van der Waals surface area contributed by atoms with Crippen molar-refractivity contribution in [1.82, 2.24) is 4.90 Å². The van der Waals surface area contributed by atoms with E-state index in [2.05, 4.69) is 10.6 Å². The second-order valence-electron chi connectivity index (χ2n) is 5.74. The lowest BCUT2D eigenvalue weighted by molar-refractivity contribution is -0.119. The number of rotatable bonds is 6. The van der Waals surface area contributed by atoms with Gasteiger partial charge in [0.05, 0.1) is 13.1 Å². The molecule has 2 aromatic carbocycles. The number of carbonyl (C=O) groups excluding carboxylic acids is 2. The summed E-state index contributed by atoms with van der Waals surface area (Å²) in [5, 5.41) is 5.96. The van der Waals surface area contributed by atoms with Crippen LogP contribution in [0, 0.1) is 12.7 Å². The summed E-state index contributed by atoms with van der Waals surface area (Å²) in [5.41, 5.74) is 1.90. The molecule has 0 aliphatic heterocycles. The highest BCUT2D eigenvalue weighted by Gasteiger charge is 2.12. The Morgan fingerprint density at radius 2 is 1.76 bits per heavy atom. The van der Waals surface area contributed by atoms with Gasteiger partial charge in [-0.2, -0.15) is 0 Å². The largest absolute Gasteiger partial charge is 0.325 e. The van der Waals surface area contributed by atoms with Gasteiger partial charge in [-0.25, -0.2) is 4.39 Å². The first-order valence-electron chi connectivity index (χ1n) is 7.63. The van der Waals surface area contributed by atoms with Crippen molar-refractivity contribution in [3.63, 3.8) is 0 Å². The van der Waals surface area contributed by atoms with Crippen molar-refractivity contribution < 1.29 is 14.0 Å². The van der Waals surface area contributed by atoms with E-state index in [4.69, 9.17) is 11.6 Å². The summed E-state index contributed by atoms with van der Waals surface area (Å²) in [6, 6.07) is 10.8. The SMILES string of the molecule is Cc1cc(Cl)ccc1NC(=O)CN(C)CC(=O)Nc1cccc(F)c1. The predicted octanol–water partition coefficient (Wildman–Crippen LogP) is 3.30. The van der Waals surface area contributed by atoms with Gasteiger partial charge >= 0.3 is 0 Å². The van der Waals surface area contributed by atoms with Crippen LogP contribution in [0.3, 0.4) is 0 Å². The molecule has 5 nitrogen and oxygen atoms in total. The molecule has 0 unspecified atom stereocenters. The van der Waals surface area contributed by atoms with Crippen LogP contribution in [0.15, 0.2) is 42.5 Å². The summed E-state index contributed by atoms with van der Waals surface area (Å²) in [5.74, 6) is -1.00. The lowest BCUT2D eigenvalue weighted by Gasteiger charge is -2.16. The molecule has 0 radical (unpaired) electrons. The third kappa shape index (κ3) is 6.17. The zero-order valence-electron chi connectivity index (χ0n) is 14.0. The Labute approximate surface area is 150 Å². The van der Waals surface area contributed by atoms with Crippen LogP contribution in [-0.4, -0.2) is 36.9 Å². The van der Waals surface area contributed by atoms with E-state index in [0.717, 1.165) is 5.56 Å². The number of aryl methyl sites for hydroxylation is 1. The molecule has 0 spiro atoms. The normalized spacial score (nSPS) is 10.6. The van der Waals surface area contributed by atoms with Gasteiger partial charge in [0, 0.05) is 16.4 Å². The van der Waals surface area contributed by atoms with Crippen molar-refractivity contribution in [2.24, 2.45) is 0 Å². The molecule has 0 saturated carbocycles. The average Bonchev–Trinajstić information content (AvgIpc) is 2.49. The monoisotopic (exact) mass is 363 g/mol. The molecule has 2 amide bonds. The Bertz CT molecular complexity index is 783. The molecule has 7 heteroatoms. The van der Waals surface area contributed by atoms with Crippen molar-refractivity contribution in [3.05, 3.63) is 58.9 Å². The number of carbonyl (C=O) groups is 2. The maximum absolute atomic E-state index is 13.1. The van der Waals surface area contributed by atoms with Gasteiger partial charge in [-0.3, -0.25) is 14.5 Å². The molecule has 2 N–H and O–H groups in total. The fourth-order valence-electron chi connectivity index (χ4n) is 2.27. The van der Waals surface area contributed by atoms with Crippen molar-refractivity contribution in [3.8, 4) is 0 Å². The first-order valence-corrected chi connectivity index (χ1v) is 8.01. The number of amides is 2. The summed E-state index contributed by atoms with van der Waals surface area (Å²) in [4.78, 5) is 25.6. The van der Waals surface area contributed by atoms with Gasteiger partial charge in [0.2, 0.25) is 11.8 Å². The van der Waals surface area contributed by atoms with Gasteiger partial charge in [0.15, 0.2) is 0 Å². The molecule has 2 aromatic rings. The maximum atomic E-state index is 13.1. The quantitative estimate of drug-likeness (QED) is 0.827. The molecule has 132 valence electrons. The molecule has 0 fully saturated rings. The number of hydrogen-bond donors (Lipinski definition) is 2. The fourth-order valence-corrected chi connectivity index (χ4v) is 2.50. The van der Waals surface area contributed by atoms with Gasteiger partial charge in [0.1, 0.15) is 5.82 Å². The minimum absolute atomic E-state index is 0.00351. The first kappa shape index (κ1) is 18.9. The van der Waals surface area contributed by atoms with Gasteiger partial charge in [-0.15, -0.1) is 0 Å².